The first-order valence-corrected chi connectivity index (χ1v) is 5.80. The van der Waals surface area contributed by atoms with Crippen molar-refractivity contribution in [2.75, 3.05) is 26.8 Å². The Hall–Kier alpha value is -0.0800. The van der Waals surface area contributed by atoms with E-state index in [1.54, 1.807) is 7.11 Å². The molecule has 0 fully saturated rings. The molecule has 0 aliphatic heterocycles. The Morgan fingerprint density at radius 2 is 1.79 bits per heavy atom. The topological polar surface area (TPSA) is 21.3 Å². The fourth-order valence-corrected chi connectivity index (χ4v) is 1.69. The Bertz CT molecular complexity index is 130. The van der Waals surface area contributed by atoms with Crippen LogP contribution in [0.4, 0.5) is 0 Å². The first-order chi connectivity index (χ1) is 6.60. The Labute approximate surface area is 89.4 Å². The highest BCUT2D eigenvalue weighted by Gasteiger charge is 2.25. The molecular formula is C12H27NO. The molecule has 0 amide bonds. The molecule has 0 bridgehead atoms. The molecule has 0 unspecified atom stereocenters. The fourth-order valence-electron chi connectivity index (χ4n) is 1.69. The largest absolute Gasteiger partial charge is 0.384 e. The SMILES string of the molecule is CCC(CC)(CNCC(C)C)COC. The smallest absolute Gasteiger partial charge is 0.0530 e. The molecule has 14 heavy (non-hydrogen) atoms. The number of nitrogens with one attached hydrogen (secondary N) is 1. The molecule has 86 valence electrons. The Balaban J connectivity index is 3.94. The Kier molecular flexibility index (Phi) is 7.20. The molecule has 2 nitrogen and oxygen atoms in total. The maximum absolute atomic E-state index is 5.31. The van der Waals surface area contributed by atoms with Crippen LogP contribution in [-0.2, 0) is 4.74 Å². The van der Waals surface area contributed by atoms with Gasteiger partial charge in [0.05, 0.1) is 6.61 Å². The summed E-state index contributed by atoms with van der Waals surface area (Å²) in [6, 6.07) is 0. The van der Waals surface area contributed by atoms with E-state index in [9.17, 15) is 0 Å². The monoisotopic (exact) mass is 201 g/mol. The normalized spacial score (nSPS) is 12.4. The van der Waals surface area contributed by atoms with Gasteiger partial charge >= 0.3 is 0 Å². The second kappa shape index (κ2) is 7.24. The molecule has 0 aliphatic rings. The molecule has 0 rings (SSSR count). The summed E-state index contributed by atoms with van der Waals surface area (Å²) in [5.41, 5.74) is 0.337. The van der Waals surface area contributed by atoms with Gasteiger partial charge in [0, 0.05) is 19.1 Å². The minimum Gasteiger partial charge on any atom is -0.384 e. The highest BCUT2D eigenvalue weighted by atomic mass is 16.5. The molecule has 0 atom stereocenters. The van der Waals surface area contributed by atoms with Gasteiger partial charge < -0.3 is 10.1 Å². The zero-order valence-corrected chi connectivity index (χ0v) is 10.5. The van der Waals surface area contributed by atoms with E-state index >= 15 is 0 Å². The minimum atomic E-state index is 0.337. The lowest BCUT2D eigenvalue weighted by molar-refractivity contribution is 0.0711. The van der Waals surface area contributed by atoms with E-state index < -0.39 is 0 Å². The summed E-state index contributed by atoms with van der Waals surface area (Å²) in [6.07, 6.45) is 2.37. The zero-order chi connectivity index (χ0) is 11.0. The van der Waals surface area contributed by atoms with Gasteiger partial charge in [-0.3, -0.25) is 0 Å². The summed E-state index contributed by atoms with van der Waals surface area (Å²) in [7, 11) is 1.79. The molecule has 0 aromatic carbocycles. The molecule has 1 N–H and O–H groups in total. The number of hydrogen-bond donors (Lipinski definition) is 1. The van der Waals surface area contributed by atoms with Gasteiger partial charge in [-0.15, -0.1) is 0 Å². The van der Waals surface area contributed by atoms with Crippen molar-refractivity contribution in [3.05, 3.63) is 0 Å². The van der Waals surface area contributed by atoms with Gasteiger partial charge in [-0.05, 0) is 25.3 Å². The van der Waals surface area contributed by atoms with E-state index in [1.165, 1.54) is 12.8 Å². The maximum atomic E-state index is 5.31. The average molecular weight is 201 g/mol. The molecule has 0 saturated carbocycles. The van der Waals surface area contributed by atoms with E-state index in [1.807, 2.05) is 0 Å². The maximum Gasteiger partial charge on any atom is 0.0530 e. The van der Waals surface area contributed by atoms with E-state index in [0.29, 0.717) is 5.41 Å². The van der Waals surface area contributed by atoms with Crippen LogP contribution in [-0.4, -0.2) is 26.8 Å². The lowest BCUT2D eigenvalue weighted by Gasteiger charge is -2.31. The molecule has 0 aromatic rings. The molecule has 0 aromatic heterocycles. The second-order valence-corrected chi connectivity index (χ2v) is 4.66. The van der Waals surface area contributed by atoms with Gasteiger partial charge in [-0.25, -0.2) is 0 Å². The molecule has 0 saturated heterocycles. The van der Waals surface area contributed by atoms with E-state index in [0.717, 1.165) is 25.6 Å². The standard InChI is InChI=1S/C12H27NO/c1-6-12(7-2,10-14-5)9-13-8-11(3)4/h11,13H,6-10H2,1-5H3. The lowest BCUT2D eigenvalue weighted by atomic mass is 9.83. The summed E-state index contributed by atoms with van der Waals surface area (Å²) >= 11 is 0. The van der Waals surface area contributed by atoms with E-state index in [-0.39, 0.29) is 0 Å². The van der Waals surface area contributed by atoms with Crippen LogP contribution in [0.5, 0.6) is 0 Å². The van der Waals surface area contributed by atoms with Crippen LogP contribution in [0, 0.1) is 11.3 Å². The Morgan fingerprint density at radius 1 is 1.21 bits per heavy atom. The van der Waals surface area contributed by atoms with Crippen LogP contribution in [0.15, 0.2) is 0 Å². The van der Waals surface area contributed by atoms with Gasteiger partial charge in [0.1, 0.15) is 0 Å². The highest BCUT2D eigenvalue weighted by molar-refractivity contribution is 4.78. The number of hydrogen-bond acceptors (Lipinski definition) is 2. The summed E-state index contributed by atoms with van der Waals surface area (Å²) in [6.45, 7) is 12.0. The predicted octanol–water partition coefficient (Wildman–Crippen LogP) is 2.68. The van der Waals surface area contributed by atoms with Crippen molar-refractivity contribution in [1.29, 1.82) is 0 Å². The summed E-state index contributed by atoms with van der Waals surface area (Å²) < 4.78 is 5.31. The van der Waals surface area contributed by atoms with Gasteiger partial charge in [0.2, 0.25) is 0 Å². The van der Waals surface area contributed by atoms with Gasteiger partial charge in [-0.2, -0.15) is 0 Å². The van der Waals surface area contributed by atoms with Crippen LogP contribution >= 0.6 is 0 Å². The van der Waals surface area contributed by atoms with Crippen molar-refractivity contribution in [3.63, 3.8) is 0 Å². The molecule has 0 spiro atoms. The van der Waals surface area contributed by atoms with Crippen LogP contribution in [0.2, 0.25) is 0 Å². The van der Waals surface area contributed by atoms with Crippen molar-refractivity contribution in [3.8, 4) is 0 Å². The van der Waals surface area contributed by atoms with Gasteiger partial charge in [0.15, 0.2) is 0 Å². The summed E-state index contributed by atoms with van der Waals surface area (Å²) in [5.74, 6) is 0.726. The number of methoxy groups -OCH3 is 1. The van der Waals surface area contributed by atoms with Gasteiger partial charge in [-0.1, -0.05) is 27.7 Å². The molecular weight excluding hydrogens is 174 g/mol. The third-order valence-corrected chi connectivity index (χ3v) is 3.00. The lowest BCUT2D eigenvalue weighted by Crippen LogP contribution is -2.38. The Morgan fingerprint density at radius 3 is 2.14 bits per heavy atom. The van der Waals surface area contributed by atoms with Crippen LogP contribution in [0.1, 0.15) is 40.5 Å². The van der Waals surface area contributed by atoms with E-state index in [2.05, 4.69) is 33.0 Å². The summed E-state index contributed by atoms with van der Waals surface area (Å²) in [4.78, 5) is 0. The quantitative estimate of drug-likeness (QED) is 0.652. The van der Waals surface area contributed by atoms with Crippen molar-refractivity contribution in [2.45, 2.75) is 40.5 Å². The fraction of sp³-hybridized carbons (Fsp3) is 1.00. The molecule has 0 heterocycles. The second-order valence-electron chi connectivity index (χ2n) is 4.66. The first kappa shape index (κ1) is 13.9. The molecule has 2 heteroatoms. The van der Waals surface area contributed by atoms with Crippen molar-refractivity contribution in [1.82, 2.24) is 5.32 Å². The van der Waals surface area contributed by atoms with Crippen molar-refractivity contribution < 1.29 is 4.74 Å². The third-order valence-electron chi connectivity index (χ3n) is 3.00. The number of rotatable bonds is 8. The average Bonchev–Trinajstić information content (AvgIpc) is 2.16. The van der Waals surface area contributed by atoms with Gasteiger partial charge in [0.25, 0.3) is 0 Å². The number of ether oxygens (including phenoxy) is 1. The molecule has 0 radical (unpaired) electrons. The zero-order valence-electron chi connectivity index (χ0n) is 10.5. The van der Waals surface area contributed by atoms with Crippen LogP contribution in [0.25, 0.3) is 0 Å². The van der Waals surface area contributed by atoms with E-state index in [4.69, 9.17) is 4.74 Å². The third kappa shape index (κ3) is 4.97. The summed E-state index contributed by atoms with van der Waals surface area (Å²) in [5, 5.41) is 3.53. The molecule has 0 aliphatic carbocycles. The predicted molar refractivity (Wildman–Crippen MR) is 62.6 cm³/mol. The van der Waals surface area contributed by atoms with Crippen LogP contribution < -0.4 is 5.32 Å². The minimum absolute atomic E-state index is 0.337. The highest BCUT2D eigenvalue weighted by Crippen LogP contribution is 2.25. The first-order valence-electron chi connectivity index (χ1n) is 5.80. The van der Waals surface area contributed by atoms with Crippen molar-refractivity contribution >= 4 is 0 Å². The van der Waals surface area contributed by atoms with Crippen molar-refractivity contribution in [2.24, 2.45) is 11.3 Å². The van der Waals surface area contributed by atoms with Crippen LogP contribution in [0.3, 0.4) is 0 Å².